The molecule has 0 spiro atoms. The Hall–Kier alpha value is -1.04. The fourth-order valence-electron chi connectivity index (χ4n) is 2.27. The van der Waals surface area contributed by atoms with Crippen molar-refractivity contribution in [2.24, 2.45) is 0 Å². The lowest BCUT2D eigenvalue weighted by atomic mass is 9.84. The normalized spacial score (nSPS) is 22.1. The molecule has 0 aromatic rings. The summed E-state index contributed by atoms with van der Waals surface area (Å²) < 4.78 is 0. The molecule has 14 heavy (non-hydrogen) atoms. The van der Waals surface area contributed by atoms with Crippen molar-refractivity contribution in [2.45, 2.75) is 39.5 Å². The van der Waals surface area contributed by atoms with Crippen LogP contribution in [0.1, 0.15) is 39.5 Å². The highest BCUT2D eigenvalue weighted by Gasteiger charge is 2.13. The molecule has 2 aliphatic rings. The second-order valence-electron chi connectivity index (χ2n) is 4.26. The van der Waals surface area contributed by atoms with Crippen LogP contribution in [0.25, 0.3) is 0 Å². The molecule has 2 aliphatic carbocycles. The van der Waals surface area contributed by atoms with Crippen LogP contribution in [-0.2, 0) is 0 Å². The summed E-state index contributed by atoms with van der Waals surface area (Å²) in [6.07, 6.45) is 14.1. The molecule has 0 aromatic carbocycles. The van der Waals surface area contributed by atoms with Gasteiger partial charge in [0.25, 0.3) is 0 Å². The van der Waals surface area contributed by atoms with Gasteiger partial charge in [0, 0.05) is 0 Å². The maximum Gasteiger partial charge on any atom is -0.0236 e. The fourth-order valence-corrected chi connectivity index (χ4v) is 2.27. The SMILES string of the molecule is CC=CC1=CC2=C(C=C(C)CC2)CC1. The van der Waals surface area contributed by atoms with Crippen molar-refractivity contribution in [2.75, 3.05) is 0 Å². The van der Waals surface area contributed by atoms with Gasteiger partial charge in [-0.15, -0.1) is 0 Å². The molecule has 74 valence electrons. The van der Waals surface area contributed by atoms with Gasteiger partial charge in [0.1, 0.15) is 0 Å². The first-order valence-electron chi connectivity index (χ1n) is 5.52. The average Bonchev–Trinajstić information content (AvgIpc) is 2.19. The van der Waals surface area contributed by atoms with E-state index < -0.39 is 0 Å². The monoisotopic (exact) mass is 186 g/mol. The van der Waals surface area contributed by atoms with Crippen LogP contribution < -0.4 is 0 Å². The van der Waals surface area contributed by atoms with Crippen LogP contribution in [0, 0.1) is 0 Å². The van der Waals surface area contributed by atoms with Gasteiger partial charge in [-0.05, 0) is 56.3 Å². The third kappa shape index (κ3) is 1.89. The lowest BCUT2D eigenvalue weighted by Crippen LogP contribution is -2.02. The second-order valence-corrected chi connectivity index (χ2v) is 4.26. The molecule has 0 N–H and O–H groups in total. The molecule has 0 radical (unpaired) electrons. The number of hydrogen-bond acceptors (Lipinski definition) is 0. The van der Waals surface area contributed by atoms with Crippen LogP contribution in [0.2, 0.25) is 0 Å². The van der Waals surface area contributed by atoms with E-state index in [1.807, 2.05) is 0 Å². The zero-order valence-electron chi connectivity index (χ0n) is 9.14. The Morgan fingerprint density at radius 2 is 1.71 bits per heavy atom. The van der Waals surface area contributed by atoms with Crippen LogP contribution in [0.5, 0.6) is 0 Å². The van der Waals surface area contributed by atoms with Gasteiger partial charge in [0.2, 0.25) is 0 Å². The summed E-state index contributed by atoms with van der Waals surface area (Å²) in [6, 6.07) is 0. The largest absolute Gasteiger partial charge is 0.0874 e. The smallest absolute Gasteiger partial charge is 0.0236 e. The van der Waals surface area contributed by atoms with E-state index in [4.69, 9.17) is 0 Å². The van der Waals surface area contributed by atoms with Crippen LogP contribution in [0.3, 0.4) is 0 Å². The number of hydrogen-bond donors (Lipinski definition) is 0. The molecule has 0 aliphatic heterocycles. The molecule has 2 rings (SSSR count). The van der Waals surface area contributed by atoms with Crippen molar-refractivity contribution in [1.82, 2.24) is 0 Å². The highest BCUT2D eigenvalue weighted by molar-refractivity contribution is 5.45. The quantitative estimate of drug-likeness (QED) is 0.572. The minimum Gasteiger partial charge on any atom is -0.0874 e. The van der Waals surface area contributed by atoms with Crippen LogP contribution in [0.15, 0.2) is 46.6 Å². The molecular weight excluding hydrogens is 168 g/mol. The van der Waals surface area contributed by atoms with Gasteiger partial charge in [0.15, 0.2) is 0 Å². The molecule has 0 heterocycles. The van der Waals surface area contributed by atoms with E-state index in [1.165, 1.54) is 31.3 Å². The highest BCUT2D eigenvalue weighted by atomic mass is 14.2. The molecule has 0 aromatic heterocycles. The van der Waals surface area contributed by atoms with Crippen LogP contribution in [-0.4, -0.2) is 0 Å². The van der Waals surface area contributed by atoms with E-state index >= 15 is 0 Å². The van der Waals surface area contributed by atoms with Gasteiger partial charge in [-0.3, -0.25) is 0 Å². The Morgan fingerprint density at radius 3 is 2.50 bits per heavy atom. The lowest BCUT2D eigenvalue weighted by molar-refractivity contribution is 0.837. The highest BCUT2D eigenvalue weighted by Crippen LogP contribution is 2.33. The van der Waals surface area contributed by atoms with E-state index in [1.54, 1.807) is 16.7 Å². The maximum absolute atomic E-state index is 2.39. The predicted octanol–water partition coefficient (Wildman–Crippen LogP) is 4.32. The number of rotatable bonds is 1. The summed E-state index contributed by atoms with van der Waals surface area (Å²) in [7, 11) is 0. The lowest BCUT2D eigenvalue weighted by Gasteiger charge is -2.21. The molecular formula is C14H18. The molecule has 0 heteroatoms. The zero-order chi connectivity index (χ0) is 9.97. The van der Waals surface area contributed by atoms with Gasteiger partial charge in [-0.2, -0.15) is 0 Å². The Balaban J connectivity index is 2.27. The van der Waals surface area contributed by atoms with Crippen molar-refractivity contribution < 1.29 is 0 Å². The van der Waals surface area contributed by atoms with Crippen molar-refractivity contribution in [3.8, 4) is 0 Å². The Kier molecular flexibility index (Phi) is 2.72. The average molecular weight is 186 g/mol. The summed E-state index contributed by atoms with van der Waals surface area (Å²) in [5, 5.41) is 0. The molecule has 0 saturated carbocycles. The van der Waals surface area contributed by atoms with E-state index in [-0.39, 0.29) is 0 Å². The summed E-state index contributed by atoms with van der Waals surface area (Å²) in [5.74, 6) is 0. The first-order valence-corrected chi connectivity index (χ1v) is 5.52. The molecule has 0 saturated heterocycles. The third-order valence-corrected chi connectivity index (χ3v) is 3.05. The molecule has 0 atom stereocenters. The fraction of sp³-hybridized carbons (Fsp3) is 0.429. The first kappa shape index (κ1) is 9.51. The van der Waals surface area contributed by atoms with Gasteiger partial charge >= 0.3 is 0 Å². The second kappa shape index (κ2) is 4.00. The molecule has 0 nitrogen and oxygen atoms in total. The van der Waals surface area contributed by atoms with Crippen molar-refractivity contribution in [3.63, 3.8) is 0 Å². The van der Waals surface area contributed by atoms with E-state index in [0.717, 1.165) is 0 Å². The molecule has 0 amide bonds. The van der Waals surface area contributed by atoms with Gasteiger partial charge in [0.05, 0.1) is 0 Å². The Morgan fingerprint density at radius 1 is 1.00 bits per heavy atom. The van der Waals surface area contributed by atoms with Gasteiger partial charge < -0.3 is 0 Å². The van der Waals surface area contributed by atoms with Crippen LogP contribution in [0.4, 0.5) is 0 Å². The minimum absolute atomic E-state index is 1.22. The molecule has 0 unspecified atom stereocenters. The molecule has 0 bridgehead atoms. The van der Waals surface area contributed by atoms with E-state index in [0.29, 0.717) is 0 Å². The standard InChI is InChI=1S/C14H18/c1-3-4-12-6-8-13-9-11(2)5-7-14(13)10-12/h3-4,9-10H,5-8H2,1-2H3. The summed E-state index contributed by atoms with van der Waals surface area (Å²) in [4.78, 5) is 0. The topological polar surface area (TPSA) is 0 Å². The number of allylic oxidation sites excluding steroid dienone is 8. The van der Waals surface area contributed by atoms with Crippen LogP contribution >= 0.6 is 0 Å². The zero-order valence-corrected chi connectivity index (χ0v) is 9.14. The van der Waals surface area contributed by atoms with Gasteiger partial charge in [-0.25, -0.2) is 0 Å². The van der Waals surface area contributed by atoms with Crippen molar-refractivity contribution in [3.05, 3.63) is 46.6 Å². The predicted molar refractivity (Wildman–Crippen MR) is 62.1 cm³/mol. The summed E-state index contributed by atoms with van der Waals surface area (Å²) >= 11 is 0. The third-order valence-electron chi connectivity index (χ3n) is 3.05. The van der Waals surface area contributed by atoms with Crippen molar-refractivity contribution in [1.29, 1.82) is 0 Å². The van der Waals surface area contributed by atoms with Crippen molar-refractivity contribution >= 4 is 0 Å². The van der Waals surface area contributed by atoms with E-state index in [9.17, 15) is 0 Å². The van der Waals surface area contributed by atoms with Gasteiger partial charge in [-0.1, -0.05) is 29.9 Å². The molecule has 0 fully saturated rings. The summed E-state index contributed by atoms with van der Waals surface area (Å²) in [6.45, 7) is 4.34. The Labute approximate surface area is 86.7 Å². The first-order chi connectivity index (χ1) is 6.79. The Bertz CT molecular complexity index is 348. The minimum atomic E-state index is 1.22. The maximum atomic E-state index is 2.39. The summed E-state index contributed by atoms with van der Waals surface area (Å²) in [5.41, 5.74) is 6.21. The van der Waals surface area contributed by atoms with E-state index in [2.05, 4.69) is 38.2 Å².